The summed E-state index contributed by atoms with van der Waals surface area (Å²) >= 11 is 0. The van der Waals surface area contributed by atoms with Crippen LogP contribution in [-0.4, -0.2) is 0 Å². The second-order valence-electron chi connectivity index (χ2n) is 9.34. The fraction of sp³-hybridized carbons (Fsp3) is 0.333. The zero-order chi connectivity index (χ0) is 18.5. The summed E-state index contributed by atoms with van der Waals surface area (Å²) in [6.07, 6.45) is 5.26. The topological polar surface area (TPSA) is 0 Å². The van der Waals surface area contributed by atoms with Crippen LogP contribution in [0.3, 0.4) is 0 Å². The van der Waals surface area contributed by atoms with Gasteiger partial charge in [-0.15, -0.1) is 0 Å². The van der Waals surface area contributed by atoms with E-state index in [2.05, 4.69) is 92.7 Å². The van der Waals surface area contributed by atoms with Gasteiger partial charge in [0, 0.05) is 5.41 Å². The van der Waals surface area contributed by atoms with E-state index in [1.165, 1.54) is 53.5 Å². The van der Waals surface area contributed by atoms with Gasteiger partial charge in [-0.25, -0.2) is 0 Å². The van der Waals surface area contributed by atoms with Crippen LogP contribution in [-0.2, 0) is 5.41 Å². The molecule has 0 aromatic heterocycles. The molecule has 0 aliphatic heterocycles. The smallest absolute Gasteiger partial charge is 0.0466 e. The monoisotopic (exact) mass is 352 g/mol. The highest BCUT2D eigenvalue weighted by molar-refractivity contribution is 5.83. The van der Waals surface area contributed by atoms with Gasteiger partial charge in [-0.2, -0.15) is 0 Å². The van der Waals surface area contributed by atoms with Crippen LogP contribution in [0.5, 0.6) is 0 Å². The Labute approximate surface area is 163 Å². The largest absolute Gasteiger partial charge is 0.0622 e. The minimum absolute atomic E-state index is 0.0144. The summed E-state index contributed by atoms with van der Waals surface area (Å²) in [5.74, 6) is 0.777. The van der Waals surface area contributed by atoms with Crippen molar-refractivity contribution < 1.29 is 0 Å². The van der Waals surface area contributed by atoms with Crippen LogP contribution < -0.4 is 0 Å². The molecule has 2 aliphatic carbocycles. The van der Waals surface area contributed by atoms with E-state index < -0.39 is 0 Å². The maximum absolute atomic E-state index is 2.44. The number of hydrogen-bond donors (Lipinski definition) is 0. The van der Waals surface area contributed by atoms with Gasteiger partial charge < -0.3 is 0 Å². The highest BCUT2D eigenvalue weighted by Crippen LogP contribution is 2.57. The average molecular weight is 353 g/mol. The Balaban J connectivity index is 1.74. The van der Waals surface area contributed by atoms with Gasteiger partial charge in [0.1, 0.15) is 0 Å². The van der Waals surface area contributed by atoms with Crippen molar-refractivity contribution in [2.45, 2.75) is 44.9 Å². The Morgan fingerprint density at radius 3 is 1.85 bits per heavy atom. The van der Waals surface area contributed by atoms with Crippen molar-refractivity contribution in [1.82, 2.24) is 0 Å². The van der Waals surface area contributed by atoms with E-state index in [1.807, 2.05) is 0 Å². The molecule has 3 aromatic rings. The lowest BCUT2D eigenvalue weighted by molar-refractivity contribution is 0.336. The second-order valence-corrected chi connectivity index (χ2v) is 9.34. The summed E-state index contributed by atoms with van der Waals surface area (Å²) in [7, 11) is 0. The van der Waals surface area contributed by atoms with Crippen LogP contribution in [0.2, 0.25) is 0 Å². The molecule has 0 nitrogen and oxygen atoms in total. The molecule has 0 heterocycles. The van der Waals surface area contributed by atoms with Crippen LogP contribution >= 0.6 is 0 Å². The van der Waals surface area contributed by atoms with E-state index in [0.717, 1.165) is 5.92 Å². The first-order valence-electron chi connectivity index (χ1n) is 10.4. The van der Waals surface area contributed by atoms with E-state index >= 15 is 0 Å². The summed E-state index contributed by atoms with van der Waals surface area (Å²) in [4.78, 5) is 0. The van der Waals surface area contributed by atoms with Crippen molar-refractivity contribution in [1.29, 1.82) is 0 Å². The standard InChI is InChI=1S/C27H28/c1-26(2)17-16-20(18-26)19-27(21-10-4-3-5-11-21)24-14-8-6-12-22(24)23-13-7-9-15-25(23)27/h3-15,20H,16-19H2,1-2H3. The van der Waals surface area contributed by atoms with Gasteiger partial charge in [0.15, 0.2) is 0 Å². The third-order valence-electron chi connectivity index (χ3n) is 7.00. The van der Waals surface area contributed by atoms with Gasteiger partial charge in [-0.3, -0.25) is 0 Å². The molecule has 2 aliphatic rings. The highest BCUT2D eigenvalue weighted by atomic mass is 14.5. The number of benzene rings is 3. The van der Waals surface area contributed by atoms with Crippen molar-refractivity contribution >= 4 is 0 Å². The molecule has 0 heteroatoms. The Kier molecular flexibility index (Phi) is 3.79. The fourth-order valence-electron chi connectivity index (χ4n) is 5.88. The first kappa shape index (κ1) is 16.8. The maximum atomic E-state index is 2.44. The number of fused-ring (bicyclic) bond motifs is 3. The van der Waals surface area contributed by atoms with Crippen molar-refractivity contribution in [3.8, 4) is 11.1 Å². The van der Waals surface area contributed by atoms with E-state index in [0.29, 0.717) is 5.41 Å². The Morgan fingerprint density at radius 2 is 1.30 bits per heavy atom. The normalized spacial score (nSPS) is 21.6. The minimum Gasteiger partial charge on any atom is -0.0622 e. The SMILES string of the molecule is CC1(C)CCC(CC2(c3ccccc3)c3ccccc3-c3ccccc32)C1. The molecule has 0 saturated heterocycles. The Hall–Kier alpha value is -2.34. The average Bonchev–Trinajstić information content (AvgIpc) is 3.19. The lowest BCUT2D eigenvalue weighted by Gasteiger charge is -2.36. The maximum Gasteiger partial charge on any atom is 0.0466 e. The lowest BCUT2D eigenvalue weighted by Crippen LogP contribution is -2.29. The van der Waals surface area contributed by atoms with Crippen molar-refractivity contribution in [2.24, 2.45) is 11.3 Å². The highest BCUT2D eigenvalue weighted by Gasteiger charge is 2.47. The summed E-state index contributed by atoms with van der Waals surface area (Å²) in [6, 6.07) is 29.5. The van der Waals surface area contributed by atoms with Crippen molar-refractivity contribution in [2.75, 3.05) is 0 Å². The van der Waals surface area contributed by atoms with E-state index in [9.17, 15) is 0 Å². The third kappa shape index (κ3) is 2.57. The van der Waals surface area contributed by atoms with Gasteiger partial charge in [0.25, 0.3) is 0 Å². The molecule has 136 valence electrons. The summed E-state index contributed by atoms with van der Waals surface area (Å²) in [5.41, 5.74) is 7.78. The molecule has 5 rings (SSSR count). The van der Waals surface area contributed by atoms with Gasteiger partial charge in [0.2, 0.25) is 0 Å². The molecule has 27 heavy (non-hydrogen) atoms. The van der Waals surface area contributed by atoms with Crippen LogP contribution in [0.4, 0.5) is 0 Å². The van der Waals surface area contributed by atoms with Crippen molar-refractivity contribution in [3.05, 3.63) is 95.6 Å². The van der Waals surface area contributed by atoms with Gasteiger partial charge in [-0.05, 0) is 64.8 Å². The van der Waals surface area contributed by atoms with Gasteiger partial charge in [0.05, 0.1) is 0 Å². The molecule has 1 atom stereocenters. The quantitative estimate of drug-likeness (QED) is 0.467. The molecule has 3 aromatic carbocycles. The van der Waals surface area contributed by atoms with Gasteiger partial charge in [-0.1, -0.05) is 92.7 Å². The van der Waals surface area contributed by atoms with E-state index in [1.54, 1.807) is 0 Å². The zero-order valence-electron chi connectivity index (χ0n) is 16.4. The van der Waals surface area contributed by atoms with Crippen molar-refractivity contribution in [3.63, 3.8) is 0 Å². The molecule has 1 unspecified atom stereocenters. The van der Waals surface area contributed by atoms with Crippen LogP contribution in [0.15, 0.2) is 78.9 Å². The summed E-state index contributed by atoms with van der Waals surface area (Å²) < 4.78 is 0. The summed E-state index contributed by atoms with van der Waals surface area (Å²) in [6.45, 7) is 4.89. The van der Waals surface area contributed by atoms with E-state index in [4.69, 9.17) is 0 Å². The molecule has 1 saturated carbocycles. The predicted molar refractivity (Wildman–Crippen MR) is 114 cm³/mol. The fourth-order valence-corrected chi connectivity index (χ4v) is 5.88. The first-order chi connectivity index (χ1) is 13.1. The molecule has 0 N–H and O–H groups in total. The predicted octanol–water partition coefficient (Wildman–Crippen LogP) is 7.22. The molecule has 0 bridgehead atoms. The lowest BCUT2D eigenvalue weighted by atomic mass is 9.67. The van der Waals surface area contributed by atoms with Crippen LogP contribution in [0.1, 0.15) is 56.2 Å². The minimum atomic E-state index is -0.0144. The molecule has 0 radical (unpaired) electrons. The first-order valence-corrected chi connectivity index (χ1v) is 10.4. The molecular formula is C27H28. The Bertz CT molecular complexity index is 919. The van der Waals surface area contributed by atoms with Crippen LogP contribution in [0.25, 0.3) is 11.1 Å². The molecule has 0 spiro atoms. The molecule has 0 amide bonds. The summed E-state index contributed by atoms with van der Waals surface area (Å²) in [5, 5.41) is 0. The third-order valence-corrected chi connectivity index (χ3v) is 7.00. The Morgan fingerprint density at radius 1 is 0.741 bits per heavy atom. The number of rotatable bonds is 3. The number of hydrogen-bond acceptors (Lipinski definition) is 0. The second kappa shape index (κ2) is 6.09. The molecule has 1 fully saturated rings. The zero-order valence-corrected chi connectivity index (χ0v) is 16.4. The van der Waals surface area contributed by atoms with Gasteiger partial charge >= 0.3 is 0 Å². The van der Waals surface area contributed by atoms with Crippen LogP contribution in [0, 0.1) is 11.3 Å². The van der Waals surface area contributed by atoms with E-state index in [-0.39, 0.29) is 5.41 Å². The molecular weight excluding hydrogens is 324 g/mol.